The molecule has 26 heteroatoms. The maximum absolute atomic E-state index is 14.9. The van der Waals surface area contributed by atoms with E-state index in [4.69, 9.17) is 46.9 Å². The van der Waals surface area contributed by atoms with Gasteiger partial charge in [-0.3, -0.25) is 28.2 Å². The van der Waals surface area contributed by atoms with Gasteiger partial charge in [0, 0.05) is 25.7 Å². The number of hydrogen-bond donors (Lipinski definition) is 10. The molecule has 690 valence electrons. The number of ether oxygens (including phenoxy) is 8. The van der Waals surface area contributed by atoms with E-state index in [1.54, 1.807) is 0 Å². The Hall–Kier alpha value is -2.53. The molecule has 2 heterocycles. The largest absolute Gasteiger partial charge is 0.472 e. The molecule has 0 radical (unpaired) electrons. The average molecular weight is 1700 g/mol. The molecule has 25 nitrogen and oxygen atoms in total. The summed E-state index contributed by atoms with van der Waals surface area (Å²) in [6.07, 6.45) is 22.5. The Bertz CT molecular complexity index is 2470. The summed E-state index contributed by atoms with van der Waals surface area (Å²) in [6.45, 7) is 10.2. The molecule has 3 rings (SSSR count). The summed E-state index contributed by atoms with van der Waals surface area (Å²) in [7, 11) is -5.80. The van der Waals surface area contributed by atoms with Gasteiger partial charge in [-0.2, -0.15) is 0 Å². The molecular formula is C91H171O25P. The summed E-state index contributed by atoms with van der Waals surface area (Å²) in [4.78, 5) is 66.5. The second kappa shape index (κ2) is 68.8. The molecule has 0 aromatic carbocycles. The Morgan fingerprint density at radius 3 is 1.02 bits per heavy atom. The number of phosphoric acid groups is 1. The van der Waals surface area contributed by atoms with Gasteiger partial charge < -0.3 is 88.7 Å². The molecule has 2 aliphatic heterocycles. The van der Waals surface area contributed by atoms with E-state index in [-0.39, 0.29) is 25.7 Å². The van der Waals surface area contributed by atoms with Gasteiger partial charge in [-0.1, -0.05) is 363 Å². The first-order valence-electron chi connectivity index (χ1n) is 47.6. The van der Waals surface area contributed by atoms with Crippen LogP contribution in [0.2, 0.25) is 0 Å². The summed E-state index contributed by atoms with van der Waals surface area (Å²) in [5.41, 5.74) is 0. The minimum atomic E-state index is -5.80. The van der Waals surface area contributed by atoms with E-state index in [1.165, 1.54) is 186 Å². The van der Waals surface area contributed by atoms with Crippen LogP contribution in [-0.2, 0) is 70.7 Å². The summed E-state index contributed by atoms with van der Waals surface area (Å²) in [6, 6.07) is 0. The number of hydrogen-bond acceptors (Lipinski definition) is 24. The Morgan fingerprint density at radius 1 is 0.333 bits per heavy atom. The van der Waals surface area contributed by atoms with Crippen LogP contribution in [-0.4, -0.2) is 205 Å². The van der Waals surface area contributed by atoms with Gasteiger partial charge in [0.05, 0.1) is 13.2 Å². The van der Waals surface area contributed by atoms with Crippen LogP contribution < -0.4 is 0 Å². The second-order valence-electron chi connectivity index (χ2n) is 34.8. The van der Waals surface area contributed by atoms with Gasteiger partial charge in [-0.05, 0) is 37.5 Å². The van der Waals surface area contributed by atoms with Gasteiger partial charge in [-0.15, -0.1) is 0 Å². The second-order valence-corrected chi connectivity index (χ2v) is 36.2. The fraction of sp³-hybridized carbons (Fsp3) is 0.956. The molecule has 2 saturated heterocycles. The standard InChI is InChI=1S/C91H171O25P/c1-7-11-15-19-23-25-27-29-31-33-35-45-53-61-74(93)107-66-71(110-76(95)63-55-47-36-34-32-30-28-26-24-20-16-12-8-2)67-109-117(105,106)116-89-87(114-90-84(103)80(99)78(97)72(65-92)111-90)83(102)82(101)86(113-77(96)64-56-48-40-38-44-52-60-70(6)58-50-42-22-18-14-10-4)88(89)115-91-85(104)81(100)79(98)73(112-91)68-108-75(94)62-54-46-39-37-43-51-59-69(5)57-49-41-21-17-13-9-3/h69-73,78-92,97-104H,7-68H2,1-6H3,(H,105,106). The van der Waals surface area contributed by atoms with E-state index in [1.807, 2.05) is 0 Å². The van der Waals surface area contributed by atoms with Crippen LogP contribution >= 0.6 is 7.82 Å². The van der Waals surface area contributed by atoms with Gasteiger partial charge >= 0.3 is 31.7 Å². The van der Waals surface area contributed by atoms with Crippen molar-refractivity contribution < 1.29 is 122 Å². The number of esters is 4. The van der Waals surface area contributed by atoms with Crippen LogP contribution in [0.25, 0.3) is 0 Å². The van der Waals surface area contributed by atoms with Gasteiger partial charge in [0.2, 0.25) is 0 Å². The van der Waals surface area contributed by atoms with E-state index in [0.717, 1.165) is 128 Å². The highest BCUT2D eigenvalue weighted by atomic mass is 31.2. The van der Waals surface area contributed by atoms with Crippen LogP contribution in [0.15, 0.2) is 0 Å². The molecule has 117 heavy (non-hydrogen) atoms. The van der Waals surface area contributed by atoms with Crippen molar-refractivity contribution in [1.29, 1.82) is 0 Å². The number of carbonyl (C=O) groups excluding carboxylic acids is 4. The monoisotopic (exact) mass is 1700 g/mol. The first kappa shape index (κ1) is 109. The number of unbranched alkanes of at least 4 members (excludes halogenated alkanes) is 44. The maximum Gasteiger partial charge on any atom is 0.472 e. The molecule has 0 aromatic rings. The normalized spacial score (nSPS) is 25.5. The first-order valence-corrected chi connectivity index (χ1v) is 49.0. The minimum absolute atomic E-state index is 0.0167. The topological polar surface area (TPSA) is 380 Å². The molecule has 0 bridgehead atoms. The summed E-state index contributed by atoms with van der Waals surface area (Å²) in [5, 5.41) is 102. The lowest BCUT2D eigenvalue weighted by atomic mass is 9.84. The van der Waals surface area contributed by atoms with Crippen molar-refractivity contribution in [2.45, 2.75) is 518 Å². The zero-order valence-electron chi connectivity index (χ0n) is 73.9. The van der Waals surface area contributed by atoms with Gasteiger partial charge in [0.1, 0.15) is 92.6 Å². The van der Waals surface area contributed by atoms with Crippen molar-refractivity contribution in [3.8, 4) is 0 Å². The average Bonchev–Trinajstić information content (AvgIpc) is 0.753. The van der Waals surface area contributed by atoms with Crippen LogP contribution in [0, 0.1) is 11.8 Å². The van der Waals surface area contributed by atoms with E-state index in [9.17, 15) is 74.6 Å². The zero-order chi connectivity index (χ0) is 85.7. The van der Waals surface area contributed by atoms with E-state index in [2.05, 4.69) is 41.5 Å². The van der Waals surface area contributed by atoms with Crippen molar-refractivity contribution in [3.63, 3.8) is 0 Å². The Morgan fingerprint density at radius 2 is 0.641 bits per heavy atom. The lowest BCUT2D eigenvalue weighted by molar-refractivity contribution is -0.360. The number of aliphatic hydroxyl groups is 9. The molecular weight excluding hydrogens is 1520 g/mol. The molecule has 1 saturated carbocycles. The van der Waals surface area contributed by atoms with Crippen LogP contribution in [0.5, 0.6) is 0 Å². The van der Waals surface area contributed by atoms with E-state index in [0.29, 0.717) is 43.9 Å². The maximum atomic E-state index is 14.9. The SMILES string of the molecule is CCCCCCCCCCCCCCCC(=O)OCC(COP(=O)(O)OC1C(OC2OC(CO)C(O)C(O)C2O)C(O)C(O)C(OC(=O)CCCCCCCCC(C)CCCCCCCC)C1OC1OC(COC(=O)CCCCCCCCC(C)CCCCCCCC)C(O)C(O)C1O)OC(=O)CCCCCCCCCCCCCCC. The smallest absolute Gasteiger partial charge is 0.463 e. The van der Waals surface area contributed by atoms with Crippen molar-refractivity contribution in [2.24, 2.45) is 11.8 Å². The fourth-order valence-electron chi connectivity index (χ4n) is 16.2. The Balaban J connectivity index is 1.93. The lowest BCUT2D eigenvalue weighted by Crippen LogP contribution is -2.70. The van der Waals surface area contributed by atoms with E-state index >= 15 is 0 Å². The zero-order valence-corrected chi connectivity index (χ0v) is 74.7. The number of aliphatic hydroxyl groups excluding tert-OH is 9. The molecule has 10 N–H and O–H groups in total. The van der Waals surface area contributed by atoms with Crippen LogP contribution in [0.1, 0.15) is 414 Å². The predicted octanol–water partition coefficient (Wildman–Crippen LogP) is 17.5. The molecule has 3 aliphatic rings. The highest BCUT2D eigenvalue weighted by Crippen LogP contribution is 2.49. The van der Waals surface area contributed by atoms with Crippen molar-refractivity contribution in [3.05, 3.63) is 0 Å². The van der Waals surface area contributed by atoms with Crippen molar-refractivity contribution in [1.82, 2.24) is 0 Å². The first-order chi connectivity index (χ1) is 56.5. The number of rotatable bonds is 76. The highest BCUT2D eigenvalue weighted by molar-refractivity contribution is 7.47. The van der Waals surface area contributed by atoms with Crippen molar-refractivity contribution >= 4 is 31.7 Å². The lowest BCUT2D eigenvalue weighted by Gasteiger charge is -2.50. The van der Waals surface area contributed by atoms with Crippen LogP contribution in [0.3, 0.4) is 0 Å². The summed E-state index contributed by atoms with van der Waals surface area (Å²) in [5.74, 6) is -1.63. The summed E-state index contributed by atoms with van der Waals surface area (Å²) >= 11 is 0. The van der Waals surface area contributed by atoms with E-state index < -0.39 is 162 Å². The third kappa shape index (κ3) is 49.7. The quantitative estimate of drug-likeness (QED) is 0.0117. The van der Waals surface area contributed by atoms with Gasteiger partial charge in [0.15, 0.2) is 24.8 Å². The predicted molar refractivity (Wildman–Crippen MR) is 453 cm³/mol. The Labute approximate surface area is 706 Å². The minimum Gasteiger partial charge on any atom is -0.463 e. The molecule has 0 spiro atoms. The highest BCUT2D eigenvalue weighted by Gasteiger charge is 2.60. The van der Waals surface area contributed by atoms with Crippen LogP contribution in [0.4, 0.5) is 0 Å². The molecule has 1 aliphatic carbocycles. The number of carbonyl (C=O) groups is 4. The number of phosphoric ester groups is 1. The molecule has 3 fully saturated rings. The fourth-order valence-corrected chi connectivity index (χ4v) is 17.1. The molecule has 20 atom stereocenters. The van der Waals surface area contributed by atoms with Crippen molar-refractivity contribution in [2.75, 3.05) is 26.4 Å². The molecule has 0 amide bonds. The van der Waals surface area contributed by atoms with Gasteiger partial charge in [0.25, 0.3) is 0 Å². The Kier molecular flexibility index (Phi) is 63.9. The van der Waals surface area contributed by atoms with Gasteiger partial charge in [-0.25, -0.2) is 4.57 Å². The summed E-state index contributed by atoms with van der Waals surface area (Å²) < 4.78 is 73.5. The molecule has 20 unspecified atom stereocenters. The third-order valence-corrected chi connectivity index (χ3v) is 24.9. The third-order valence-electron chi connectivity index (χ3n) is 23.9. The molecule has 0 aromatic heterocycles.